The molecule has 1 aromatic heterocycles. The highest BCUT2D eigenvalue weighted by Crippen LogP contribution is 2.39. The molecule has 0 bridgehead atoms. The third-order valence-electron chi connectivity index (χ3n) is 4.49. The van der Waals surface area contributed by atoms with Crippen molar-refractivity contribution >= 4 is 23.4 Å². The molecule has 1 aliphatic heterocycles. The number of pyridine rings is 1. The lowest BCUT2D eigenvalue weighted by Crippen LogP contribution is -2.32. The number of aliphatic hydroxyl groups excluding tert-OH is 1. The van der Waals surface area contributed by atoms with Crippen molar-refractivity contribution in [3.8, 4) is 5.75 Å². The van der Waals surface area contributed by atoms with Crippen molar-refractivity contribution in [2.45, 2.75) is 13.0 Å². The summed E-state index contributed by atoms with van der Waals surface area (Å²) in [7, 11) is 1.50. The number of amides is 1. The van der Waals surface area contributed by atoms with Crippen molar-refractivity contribution in [2.75, 3.05) is 20.3 Å². The largest absolute Gasteiger partial charge is 0.507 e. The summed E-state index contributed by atoms with van der Waals surface area (Å²) in [6.07, 6.45) is 2.97. The molecule has 2 aromatic rings. The zero-order chi connectivity index (χ0) is 21.0. The van der Waals surface area contributed by atoms with Crippen molar-refractivity contribution in [1.82, 2.24) is 9.88 Å². The fourth-order valence-corrected chi connectivity index (χ4v) is 3.20. The number of hydrogen-bond donors (Lipinski definition) is 1. The van der Waals surface area contributed by atoms with E-state index in [4.69, 9.17) is 9.47 Å². The third kappa shape index (κ3) is 4.17. The molecule has 2 heterocycles. The lowest BCUT2D eigenvalue weighted by Gasteiger charge is -2.25. The average molecular weight is 396 g/mol. The smallest absolute Gasteiger partial charge is 0.308 e. The maximum absolute atomic E-state index is 12.8. The topological polar surface area (TPSA) is 106 Å². The van der Waals surface area contributed by atoms with Crippen LogP contribution in [-0.4, -0.2) is 52.9 Å². The number of methoxy groups -OCH3 is 1. The lowest BCUT2D eigenvalue weighted by atomic mass is 9.95. The predicted molar refractivity (Wildman–Crippen MR) is 103 cm³/mol. The number of rotatable bonds is 6. The molecule has 1 aromatic carbocycles. The van der Waals surface area contributed by atoms with Gasteiger partial charge in [-0.25, -0.2) is 0 Å². The summed E-state index contributed by atoms with van der Waals surface area (Å²) in [4.78, 5) is 41.8. The summed E-state index contributed by atoms with van der Waals surface area (Å²) in [5.41, 5.74) is 0.954. The molecule has 150 valence electrons. The number of benzene rings is 1. The summed E-state index contributed by atoms with van der Waals surface area (Å²) in [6, 6.07) is 8.74. The molecular weight excluding hydrogens is 376 g/mol. The summed E-state index contributed by atoms with van der Waals surface area (Å²) in [6.45, 7) is 1.69. The van der Waals surface area contributed by atoms with Crippen LogP contribution in [0.2, 0.25) is 0 Å². The molecule has 1 atom stereocenters. The fourth-order valence-electron chi connectivity index (χ4n) is 3.20. The summed E-state index contributed by atoms with van der Waals surface area (Å²) < 4.78 is 10.1. The van der Waals surface area contributed by atoms with Crippen LogP contribution >= 0.6 is 0 Å². The van der Waals surface area contributed by atoms with E-state index in [1.807, 2.05) is 0 Å². The van der Waals surface area contributed by atoms with Crippen LogP contribution in [0, 0.1) is 0 Å². The van der Waals surface area contributed by atoms with E-state index in [0.717, 1.165) is 0 Å². The molecule has 0 aliphatic carbocycles. The number of hydrogen-bond acceptors (Lipinski definition) is 7. The van der Waals surface area contributed by atoms with Gasteiger partial charge in [0, 0.05) is 38.5 Å². The Labute approximate surface area is 167 Å². The Morgan fingerprint density at radius 3 is 2.38 bits per heavy atom. The maximum atomic E-state index is 12.8. The van der Waals surface area contributed by atoms with E-state index in [9.17, 15) is 19.5 Å². The number of nitrogens with zero attached hydrogens (tertiary/aromatic N) is 2. The van der Waals surface area contributed by atoms with Gasteiger partial charge in [-0.2, -0.15) is 0 Å². The molecule has 1 unspecified atom stereocenters. The number of ether oxygens (including phenoxy) is 2. The Bertz CT molecular complexity index is 953. The Morgan fingerprint density at radius 2 is 1.79 bits per heavy atom. The van der Waals surface area contributed by atoms with Crippen LogP contribution in [0.4, 0.5) is 0 Å². The van der Waals surface area contributed by atoms with E-state index in [0.29, 0.717) is 16.9 Å². The van der Waals surface area contributed by atoms with Gasteiger partial charge in [0.1, 0.15) is 11.5 Å². The third-order valence-corrected chi connectivity index (χ3v) is 4.49. The molecule has 8 nitrogen and oxygen atoms in total. The van der Waals surface area contributed by atoms with E-state index < -0.39 is 23.7 Å². The second-order valence-corrected chi connectivity index (χ2v) is 6.38. The number of carbonyl (C=O) groups is 3. The Balaban J connectivity index is 2.09. The first-order chi connectivity index (χ1) is 13.9. The fraction of sp³-hybridized carbons (Fsp3) is 0.238. The monoisotopic (exact) mass is 396 g/mol. The lowest BCUT2D eigenvalue weighted by molar-refractivity contribution is -0.140. The first-order valence-electron chi connectivity index (χ1n) is 8.90. The van der Waals surface area contributed by atoms with Crippen molar-refractivity contribution in [2.24, 2.45) is 0 Å². The number of aliphatic hydroxyl groups is 1. The highest BCUT2D eigenvalue weighted by atomic mass is 16.5. The number of likely N-dealkylation sites (tertiary alicyclic amines) is 1. The van der Waals surface area contributed by atoms with Crippen molar-refractivity contribution in [3.05, 3.63) is 65.5 Å². The minimum absolute atomic E-state index is 0.0162. The van der Waals surface area contributed by atoms with Crippen LogP contribution in [0.5, 0.6) is 5.75 Å². The molecule has 1 aliphatic rings. The molecule has 3 rings (SSSR count). The van der Waals surface area contributed by atoms with Gasteiger partial charge in [0.05, 0.1) is 18.2 Å². The van der Waals surface area contributed by atoms with Crippen molar-refractivity contribution < 1.29 is 29.0 Å². The molecule has 1 fully saturated rings. The zero-order valence-electron chi connectivity index (χ0n) is 16.0. The molecule has 0 saturated carbocycles. The first kappa shape index (κ1) is 20.2. The standard InChI is InChI=1S/C21H20N2O6/c1-13(24)29-16-5-3-14(4-6-16)18-17(19(25)15-7-9-22-10-8-15)20(26)21(27)23(18)11-12-28-2/h3-10,18,25H,11-12H2,1-2H3/b19-17-. The summed E-state index contributed by atoms with van der Waals surface area (Å²) >= 11 is 0. The minimum Gasteiger partial charge on any atom is -0.507 e. The van der Waals surface area contributed by atoms with Crippen molar-refractivity contribution in [3.63, 3.8) is 0 Å². The van der Waals surface area contributed by atoms with Crippen LogP contribution in [-0.2, 0) is 19.1 Å². The van der Waals surface area contributed by atoms with Gasteiger partial charge in [0.25, 0.3) is 11.7 Å². The quantitative estimate of drug-likeness (QED) is 0.262. The first-order valence-corrected chi connectivity index (χ1v) is 8.90. The number of esters is 1. The highest BCUT2D eigenvalue weighted by molar-refractivity contribution is 6.46. The van der Waals surface area contributed by atoms with E-state index in [-0.39, 0.29) is 24.5 Å². The van der Waals surface area contributed by atoms with E-state index >= 15 is 0 Å². The Kier molecular flexibility index (Phi) is 6.04. The normalized spacial score (nSPS) is 18.1. The summed E-state index contributed by atoms with van der Waals surface area (Å²) in [5, 5.41) is 10.8. The van der Waals surface area contributed by atoms with Gasteiger partial charge in [0.15, 0.2) is 0 Å². The zero-order valence-corrected chi connectivity index (χ0v) is 16.0. The van der Waals surface area contributed by atoms with Crippen molar-refractivity contribution in [1.29, 1.82) is 0 Å². The second-order valence-electron chi connectivity index (χ2n) is 6.38. The van der Waals surface area contributed by atoms with E-state index in [1.165, 1.54) is 31.3 Å². The number of ketones is 1. The predicted octanol–water partition coefficient (Wildman–Crippen LogP) is 2.07. The van der Waals surface area contributed by atoms with Gasteiger partial charge in [-0.15, -0.1) is 0 Å². The number of carbonyl (C=O) groups excluding carboxylic acids is 3. The van der Waals surface area contributed by atoms with Gasteiger partial charge in [-0.1, -0.05) is 12.1 Å². The van der Waals surface area contributed by atoms with Gasteiger partial charge in [-0.05, 0) is 29.8 Å². The molecule has 1 N–H and O–H groups in total. The number of Topliss-reactive ketones (excluding diaryl/α,β-unsaturated/α-hetero) is 1. The van der Waals surface area contributed by atoms with E-state index in [2.05, 4.69) is 4.98 Å². The van der Waals surface area contributed by atoms with Gasteiger partial charge in [-0.3, -0.25) is 19.4 Å². The van der Waals surface area contributed by atoms with Gasteiger partial charge < -0.3 is 19.5 Å². The number of aromatic nitrogens is 1. The molecule has 1 amide bonds. The van der Waals surface area contributed by atoms with Crippen LogP contribution in [0.15, 0.2) is 54.4 Å². The maximum Gasteiger partial charge on any atom is 0.308 e. The van der Waals surface area contributed by atoms with Crippen LogP contribution in [0.3, 0.4) is 0 Å². The van der Waals surface area contributed by atoms with Crippen LogP contribution in [0.25, 0.3) is 5.76 Å². The van der Waals surface area contributed by atoms with Crippen LogP contribution < -0.4 is 4.74 Å². The Hall–Kier alpha value is -3.52. The molecule has 29 heavy (non-hydrogen) atoms. The molecule has 0 radical (unpaired) electrons. The highest BCUT2D eigenvalue weighted by Gasteiger charge is 2.45. The molecule has 0 spiro atoms. The van der Waals surface area contributed by atoms with E-state index in [1.54, 1.807) is 36.4 Å². The minimum atomic E-state index is -0.801. The summed E-state index contributed by atoms with van der Waals surface area (Å²) in [5.74, 6) is -1.89. The molecule has 1 saturated heterocycles. The Morgan fingerprint density at radius 1 is 1.14 bits per heavy atom. The van der Waals surface area contributed by atoms with Crippen LogP contribution in [0.1, 0.15) is 24.1 Å². The van der Waals surface area contributed by atoms with Gasteiger partial charge in [0.2, 0.25) is 0 Å². The average Bonchev–Trinajstić information content (AvgIpc) is 2.97. The molecule has 8 heteroatoms. The van der Waals surface area contributed by atoms with Gasteiger partial charge >= 0.3 is 5.97 Å². The second kappa shape index (κ2) is 8.66. The SMILES string of the molecule is COCCN1C(=O)C(=O)/C(=C(\O)c2ccncc2)C1c1ccc(OC(C)=O)cc1. The molecular formula is C21H20N2O6.